The Morgan fingerprint density at radius 3 is 2.37 bits per heavy atom. The Balaban J connectivity index is 1.95. The number of hydrogen-bond acceptors (Lipinski definition) is 5. The van der Waals surface area contributed by atoms with Gasteiger partial charge in [0.25, 0.3) is 0 Å². The maximum atomic E-state index is 14.5. The third-order valence-electron chi connectivity index (χ3n) is 6.59. The van der Waals surface area contributed by atoms with Crippen molar-refractivity contribution in [3.05, 3.63) is 58.7 Å². The summed E-state index contributed by atoms with van der Waals surface area (Å²) in [6.07, 6.45) is -6.32. The Morgan fingerprint density at radius 1 is 1.11 bits per heavy atom. The molecular weight excluding hydrogens is 482 g/mol. The second-order valence-corrected chi connectivity index (χ2v) is 8.37. The van der Waals surface area contributed by atoms with Gasteiger partial charge in [-0.15, -0.1) is 0 Å². The summed E-state index contributed by atoms with van der Waals surface area (Å²) >= 11 is 0. The molecule has 6 nitrogen and oxygen atoms in total. The van der Waals surface area contributed by atoms with E-state index in [0.717, 1.165) is 39.3 Å². The highest BCUT2D eigenvalue weighted by atomic mass is 19.4. The molecule has 0 saturated carbocycles. The summed E-state index contributed by atoms with van der Waals surface area (Å²) in [5.74, 6) is -7.88. The molecule has 0 radical (unpaired) electrons. The smallest absolute Gasteiger partial charge is 0.417 e. The lowest BCUT2D eigenvalue weighted by atomic mass is 9.77. The van der Waals surface area contributed by atoms with Gasteiger partial charge in [-0.05, 0) is 25.1 Å². The van der Waals surface area contributed by atoms with Gasteiger partial charge < -0.3 is 19.2 Å². The molecule has 1 unspecified atom stereocenters. The van der Waals surface area contributed by atoms with Crippen molar-refractivity contribution >= 4 is 17.0 Å². The molecule has 1 N–H and O–H groups in total. The maximum absolute atomic E-state index is 14.5. The van der Waals surface area contributed by atoms with Crippen molar-refractivity contribution in [3.63, 3.8) is 0 Å². The second-order valence-electron chi connectivity index (χ2n) is 8.37. The van der Waals surface area contributed by atoms with E-state index in [1.165, 1.54) is 13.0 Å². The molecule has 0 bridgehead atoms. The molecule has 1 aliphatic rings. The number of nitrogens with zero attached hydrogens (tertiary/aromatic N) is 1. The monoisotopic (exact) mass is 502 g/mol. The van der Waals surface area contributed by atoms with Crippen LogP contribution in [0.1, 0.15) is 47.6 Å². The van der Waals surface area contributed by atoms with E-state index >= 15 is 0 Å². The zero-order valence-corrected chi connectivity index (χ0v) is 18.9. The lowest BCUT2D eigenvalue weighted by Gasteiger charge is -2.32. The minimum atomic E-state index is -4.85. The molecule has 0 amide bonds. The summed E-state index contributed by atoms with van der Waals surface area (Å²) in [5.41, 5.74) is -3.35. The Hall–Kier alpha value is -3.28. The first-order chi connectivity index (χ1) is 16.4. The fourth-order valence-corrected chi connectivity index (χ4v) is 4.55. The van der Waals surface area contributed by atoms with Gasteiger partial charge in [-0.1, -0.05) is 13.0 Å². The SMILES string of the molecule is COC(=O)c1c(F)ccc2[nH]c(C3O[C@@](C)(C(F)(F)F)[C@@H](C)[C@H]3c3ccc(F)c(F)c3OC)nc12. The normalized spacial score (nSPS) is 24.7. The summed E-state index contributed by atoms with van der Waals surface area (Å²) in [6, 6.07) is 4.13. The minimum absolute atomic E-state index is 0.0725. The standard InChI is InChI=1S/C23H20F6N2O4/c1-9-14(10-5-6-12(25)16(26)18(10)33-3)19(35-22(9,2)23(27,28)29)20-30-13-8-7-11(24)15(17(13)31-20)21(32)34-4/h5-9,14,19H,1-4H3,(H,30,31)/t9-,14-,19?,22+/m0/s1. The molecule has 1 aliphatic heterocycles. The molecule has 2 heterocycles. The van der Waals surface area contributed by atoms with E-state index < -0.39 is 64.5 Å². The molecule has 0 aliphatic carbocycles. The van der Waals surface area contributed by atoms with Crippen molar-refractivity contribution in [1.82, 2.24) is 9.97 Å². The van der Waals surface area contributed by atoms with Gasteiger partial charge in [-0.3, -0.25) is 0 Å². The van der Waals surface area contributed by atoms with Crippen LogP contribution in [0.3, 0.4) is 0 Å². The Kier molecular flexibility index (Phi) is 5.98. The lowest BCUT2D eigenvalue weighted by Crippen LogP contribution is -2.46. The predicted molar refractivity (Wildman–Crippen MR) is 110 cm³/mol. The zero-order valence-electron chi connectivity index (χ0n) is 18.9. The van der Waals surface area contributed by atoms with Crippen LogP contribution >= 0.6 is 0 Å². The molecule has 1 aromatic heterocycles. The summed E-state index contributed by atoms with van der Waals surface area (Å²) in [6.45, 7) is 2.11. The minimum Gasteiger partial charge on any atom is -0.493 e. The summed E-state index contributed by atoms with van der Waals surface area (Å²) in [4.78, 5) is 19.1. The number of ether oxygens (including phenoxy) is 3. The average molecular weight is 502 g/mol. The van der Waals surface area contributed by atoms with E-state index in [0.29, 0.717) is 0 Å². The zero-order chi connectivity index (χ0) is 25.9. The number of H-pyrrole nitrogens is 1. The van der Waals surface area contributed by atoms with Crippen molar-refractivity contribution in [2.75, 3.05) is 14.2 Å². The number of nitrogens with one attached hydrogen (secondary N) is 1. The van der Waals surface area contributed by atoms with Crippen LogP contribution in [0.5, 0.6) is 5.75 Å². The van der Waals surface area contributed by atoms with Crippen molar-refractivity contribution in [2.45, 2.75) is 37.6 Å². The van der Waals surface area contributed by atoms with Gasteiger partial charge in [-0.25, -0.2) is 18.6 Å². The Bertz CT molecular complexity index is 1310. The van der Waals surface area contributed by atoms with E-state index in [-0.39, 0.29) is 22.4 Å². The molecule has 4 rings (SSSR count). The van der Waals surface area contributed by atoms with E-state index in [1.807, 2.05) is 0 Å². The summed E-state index contributed by atoms with van der Waals surface area (Å²) in [7, 11) is 2.10. The van der Waals surface area contributed by atoms with Gasteiger partial charge in [0.15, 0.2) is 17.2 Å². The fraction of sp³-hybridized carbons (Fsp3) is 0.391. The van der Waals surface area contributed by atoms with Crippen LogP contribution in [0.25, 0.3) is 11.0 Å². The van der Waals surface area contributed by atoms with Crippen LogP contribution in [0.2, 0.25) is 0 Å². The number of alkyl halides is 3. The van der Waals surface area contributed by atoms with Crippen molar-refractivity contribution in [2.24, 2.45) is 5.92 Å². The second kappa shape index (κ2) is 8.43. The molecule has 1 saturated heterocycles. The first kappa shape index (κ1) is 24.8. The van der Waals surface area contributed by atoms with Gasteiger partial charge in [0, 0.05) is 17.4 Å². The number of halogens is 6. The fourth-order valence-electron chi connectivity index (χ4n) is 4.55. The Labute approximate surface area is 195 Å². The first-order valence-electron chi connectivity index (χ1n) is 10.4. The summed E-state index contributed by atoms with van der Waals surface area (Å²) < 4.78 is 100. The molecule has 0 spiro atoms. The molecular formula is C23H20F6N2O4. The number of imidazole rings is 1. The van der Waals surface area contributed by atoms with E-state index in [4.69, 9.17) is 9.47 Å². The summed E-state index contributed by atoms with van der Waals surface area (Å²) in [5, 5.41) is 0. The van der Waals surface area contributed by atoms with Crippen LogP contribution in [0, 0.1) is 23.4 Å². The first-order valence-corrected chi connectivity index (χ1v) is 10.4. The van der Waals surface area contributed by atoms with E-state index in [9.17, 15) is 31.1 Å². The highest BCUT2D eigenvalue weighted by Gasteiger charge is 2.65. The van der Waals surface area contributed by atoms with Crippen LogP contribution in [0.4, 0.5) is 26.3 Å². The third kappa shape index (κ3) is 3.70. The van der Waals surface area contributed by atoms with Gasteiger partial charge >= 0.3 is 12.1 Å². The number of esters is 1. The number of hydrogen-bond donors (Lipinski definition) is 1. The average Bonchev–Trinajstić information content (AvgIpc) is 3.34. The van der Waals surface area contributed by atoms with Crippen molar-refractivity contribution in [1.29, 1.82) is 0 Å². The highest BCUT2D eigenvalue weighted by Crippen LogP contribution is 2.59. The van der Waals surface area contributed by atoms with Crippen LogP contribution in [-0.2, 0) is 9.47 Å². The quantitative estimate of drug-likeness (QED) is 0.372. The van der Waals surface area contributed by atoms with Crippen molar-refractivity contribution in [3.8, 4) is 5.75 Å². The highest BCUT2D eigenvalue weighted by molar-refractivity contribution is 6.02. The van der Waals surface area contributed by atoms with E-state index in [1.54, 1.807) is 0 Å². The third-order valence-corrected chi connectivity index (χ3v) is 6.59. The number of methoxy groups -OCH3 is 2. The number of fused-ring (bicyclic) bond motifs is 1. The topological polar surface area (TPSA) is 73.4 Å². The van der Waals surface area contributed by atoms with E-state index in [2.05, 4.69) is 14.7 Å². The van der Waals surface area contributed by atoms with Gasteiger partial charge in [0.05, 0.1) is 19.7 Å². The lowest BCUT2D eigenvalue weighted by molar-refractivity contribution is -0.275. The van der Waals surface area contributed by atoms with Crippen LogP contribution in [0.15, 0.2) is 24.3 Å². The number of rotatable bonds is 4. The molecule has 35 heavy (non-hydrogen) atoms. The predicted octanol–water partition coefficient (Wildman–Crippen LogP) is 5.59. The van der Waals surface area contributed by atoms with Gasteiger partial charge in [0.1, 0.15) is 28.8 Å². The molecule has 4 atom stereocenters. The number of aromatic nitrogens is 2. The largest absolute Gasteiger partial charge is 0.493 e. The number of benzene rings is 2. The van der Waals surface area contributed by atoms with Crippen LogP contribution < -0.4 is 4.74 Å². The van der Waals surface area contributed by atoms with Gasteiger partial charge in [-0.2, -0.15) is 17.6 Å². The van der Waals surface area contributed by atoms with Crippen LogP contribution in [-0.4, -0.2) is 41.9 Å². The molecule has 3 aromatic rings. The number of carbonyl (C=O) groups excluding carboxylic acids is 1. The van der Waals surface area contributed by atoms with Crippen molar-refractivity contribution < 1.29 is 45.3 Å². The van der Waals surface area contributed by atoms with Gasteiger partial charge in [0.2, 0.25) is 5.82 Å². The number of aromatic amines is 1. The molecule has 1 fully saturated rings. The molecule has 12 heteroatoms. The molecule has 188 valence electrons. The Morgan fingerprint density at radius 2 is 1.77 bits per heavy atom. The maximum Gasteiger partial charge on any atom is 0.417 e. The number of carbonyl (C=O) groups is 1. The molecule has 2 aromatic carbocycles.